The van der Waals surface area contributed by atoms with E-state index >= 15 is 0 Å². The van der Waals surface area contributed by atoms with Crippen molar-refractivity contribution in [2.24, 2.45) is 0 Å². The molecule has 4 nitrogen and oxygen atoms in total. The van der Waals surface area contributed by atoms with E-state index in [1.54, 1.807) is 7.11 Å². The van der Waals surface area contributed by atoms with E-state index in [1.807, 2.05) is 6.07 Å². The van der Waals surface area contributed by atoms with Gasteiger partial charge in [-0.05, 0) is 37.9 Å². The summed E-state index contributed by atoms with van der Waals surface area (Å²) in [4.78, 5) is 0. The van der Waals surface area contributed by atoms with Crippen LogP contribution in [0.25, 0.3) is 0 Å². The van der Waals surface area contributed by atoms with Gasteiger partial charge in [0.2, 0.25) is 6.79 Å². The highest BCUT2D eigenvalue weighted by Gasteiger charge is 2.28. The molecule has 18 heavy (non-hydrogen) atoms. The Hall–Kier alpha value is -1.13. The van der Waals surface area contributed by atoms with E-state index in [2.05, 4.69) is 5.32 Å². The topological polar surface area (TPSA) is 39.7 Å². The van der Waals surface area contributed by atoms with Crippen LogP contribution in [0.2, 0.25) is 5.02 Å². The van der Waals surface area contributed by atoms with Gasteiger partial charge in [0.15, 0.2) is 11.5 Å². The number of nitrogens with one attached hydrogen (secondary N) is 1. The lowest BCUT2D eigenvalue weighted by Gasteiger charge is -2.25. The zero-order valence-electron chi connectivity index (χ0n) is 10.3. The third kappa shape index (κ3) is 1.89. The van der Waals surface area contributed by atoms with Crippen LogP contribution in [0.1, 0.15) is 24.3 Å². The number of piperidine rings is 1. The molecule has 0 bridgehead atoms. The summed E-state index contributed by atoms with van der Waals surface area (Å²) in [5.74, 6) is 2.53. The van der Waals surface area contributed by atoms with E-state index < -0.39 is 0 Å². The van der Waals surface area contributed by atoms with E-state index in [-0.39, 0.29) is 6.79 Å². The van der Waals surface area contributed by atoms with Crippen LogP contribution in [0.3, 0.4) is 0 Å². The largest absolute Gasteiger partial charge is 0.495 e. The highest BCUT2D eigenvalue weighted by molar-refractivity contribution is 6.34. The molecule has 3 rings (SSSR count). The first-order chi connectivity index (χ1) is 8.81. The number of benzene rings is 1. The maximum absolute atomic E-state index is 6.33. The molecular weight excluding hydrogens is 254 g/mol. The Morgan fingerprint density at radius 2 is 2.11 bits per heavy atom. The average molecular weight is 270 g/mol. The predicted octanol–water partition coefficient (Wildman–Crippen LogP) is 2.54. The van der Waals surface area contributed by atoms with Crippen LogP contribution in [-0.2, 0) is 0 Å². The molecule has 0 radical (unpaired) electrons. The number of hydrogen-bond acceptors (Lipinski definition) is 4. The van der Waals surface area contributed by atoms with Gasteiger partial charge < -0.3 is 19.5 Å². The van der Waals surface area contributed by atoms with E-state index in [1.165, 1.54) is 0 Å². The summed E-state index contributed by atoms with van der Waals surface area (Å²) in [7, 11) is 1.65. The van der Waals surface area contributed by atoms with Crippen molar-refractivity contribution in [1.29, 1.82) is 0 Å². The molecule has 0 aliphatic carbocycles. The van der Waals surface area contributed by atoms with Crippen molar-refractivity contribution in [1.82, 2.24) is 5.32 Å². The first-order valence-electron chi connectivity index (χ1n) is 6.18. The molecule has 0 aromatic heterocycles. The molecular formula is C13H16ClNO3. The van der Waals surface area contributed by atoms with E-state index in [9.17, 15) is 0 Å². The molecule has 2 aliphatic heterocycles. The Kier molecular flexibility index (Phi) is 3.22. The standard InChI is InChI=1S/C13H16ClNO3/c1-16-12-9(8-2-4-15-5-3-8)6-10-13(11(12)14)18-7-17-10/h6,8,15H,2-5,7H2,1H3. The van der Waals surface area contributed by atoms with Gasteiger partial charge in [-0.15, -0.1) is 0 Å². The molecule has 0 spiro atoms. The predicted molar refractivity (Wildman–Crippen MR) is 69.0 cm³/mol. The fraction of sp³-hybridized carbons (Fsp3) is 0.538. The average Bonchev–Trinajstić information content (AvgIpc) is 2.88. The fourth-order valence-corrected chi connectivity index (χ4v) is 2.98. The van der Waals surface area contributed by atoms with Gasteiger partial charge >= 0.3 is 0 Å². The Morgan fingerprint density at radius 3 is 2.83 bits per heavy atom. The quantitative estimate of drug-likeness (QED) is 0.896. The van der Waals surface area contributed by atoms with Crippen molar-refractivity contribution in [3.8, 4) is 17.2 Å². The number of fused-ring (bicyclic) bond motifs is 1. The second-order valence-electron chi connectivity index (χ2n) is 4.57. The number of hydrogen-bond donors (Lipinski definition) is 1. The Labute approximate surface area is 111 Å². The summed E-state index contributed by atoms with van der Waals surface area (Å²) in [6.07, 6.45) is 2.18. The minimum absolute atomic E-state index is 0.230. The van der Waals surface area contributed by atoms with Crippen LogP contribution in [0.4, 0.5) is 0 Å². The normalized spacial score (nSPS) is 19.0. The highest BCUT2D eigenvalue weighted by atomic mass is 35.5. The molecule has 1 aromatic carbocycles. The second-order valence-corrected chi connectivity index (χ2v) is 4.95. The van der Waals surface area contributed by atoms with Crippen LogP contribution in [-0.4, -0.2) is 27.0 Å². The molecule has 2 aliphatic rings. The van der Waals surface area contributed by atoms with Crippen molar-refractivity contribution < 1.29 is 14.2 Å². The van der Waals surface area contributed by atoms with Gasteiger partial charge in [0.05, 0.1) is 7.11 Å². The summed E-state index contributed by atoms with van der Waals surface area (Å²) in [6, 6.07) is 2.02. The number of rotatable bonds is 2. The smallest absolute Gasteiger partial charge is 0.231 e. The monoisotopic (exact) mass is 269 g/mol. The molecule has 98 valence electrons. The molecule has 2 heterocycles. The Balaban J connectivity index is 2.04. The summed E-state index contributed by atoms with van der Waals surface area (Å²) < 4.78 is 16.3. The van der Waals surface area contributed by atoms with Gasteiger partial charge in [-0.25, -0.2) is 0 Å². The van der Waals surface area contributed by atoms with Crippen LogP contribution < -0.4 is 19.5 Å². The summed E-state index contributed by atoms with van der Waals surface area (Å²) in [5.41, 5.74) is 1.13. The lowest BCUT2D eigenvalue weighted by Crippen LogP contribution is -2.26. The van der Waals surface area contributed by atoms with Gasteiger partial charge in [0, 0.05) is 5.56 Å². The van der Waals surface area contributed by atoms with Gasteiger partial charge in [-0.2, -0.15) is 0 Å². The van der Waals surface area contributed by atoms with Gasteiger partial charge in [-0.1, -0.05) is 11.6 Å². The molecule has 0 unspecified atom stereocenters. The van der Waals surface area contributed by atoms with Crippen LogP contribution >= 0.6 is 11.6 Å². The minimum atomic E-state index is 0.230. The maximum Gasteiger partial charge on any atom is 0.231 e. The lowest BCUT2D eigenvalue weighted by molar-refractivity contribution is 0.174. The second kappa shape index (κ2) is 4.86. The van der Waals surface area contributed by atoms with E-state index in [0.717, 1.165) is 43.0 Å². The molecule has 5 heteroatoms. The third-order valence-electron chi connectivity index (χ3n) is 3.57. The zero-order chi connectivity index (χ0) is 12.5. The highest BCUT2D eigenvalue weighted by Crippen LogP contribution is 2.49. The lowest BCUT2D eigenvalue weighted by atomic mass is 9.89. The van der Waals surface area contributed by atoms with E-state index in [4.69, 9.17) is 25.8 Å². The first kappa shape index (κ1) is 11.9. The van der Waals surface area contributed by atoms with Gasteiger partial charge in [-0.3, -0.25) is 0 Å². The SMILES string of the molecule is COc1c(C2CCNCC2)cc2c(c1Cl)OCO2. The van der Waals surface area contributed by atoms with Crippen LogP contribution in [0.5, 0.6) is 17.2 Å². The van der Waals surface area contributed by atoms with Crippen LogP contribution in [0, 0.1) is 0 Å². The molecule has 1 saturated heterocycles. The van der Waals surface area contributed by atoms with E-state index in [0.29, 0.717) is 16.7 Å². The van der Waals surface area contributed by atoms with Crippen molar-refractivity contribution >= 4 is 11.6 Å². The number of methoxy groups -OCH3 is 1. The molecule has 1 N–H and O–H groups in total. The Morgan fingerprint density at radius 1 is 1.33 bits per heavy atom. The number of halogens is 1. The van der Waals surface area contributed by atoms with Crippen molar-refractivity contribution in [2.75, 3.05) is 27.0 Å². The summed E-state index contributed by atoms with van der Waals surface area (Å²) >= 11 is 6.33. The maximum atomic E-state index is 6.33. The molecule has 0 atom stereocenters. The molecule has 1 fully saturated rings. The van der Waals surface area contributed by atoms with Crippen LogP contribution in [0.15, 0.2) is 6.07 Å². The molecule has 1 aromatic rings. The molecule has 0 saturated carbocycles. The van der Waals surface area contributed by atoms with Crippen molar-refractivity contribution in [2.45, 2.75) is 18.8 Å². The van der Waals surface area contributed by atoms with Crippen molar-refractivity contribution in [3.63, 3.8) is 0 Å². The Bertz CT molecular complexity index is 458. The fourth-order valence-electron chi connectivity index (χ4n) is 2.65. The first-order valence-corrected chi connectivity index (χ1v) is 6.55. The third-order valence-corrected chi connectivity index (χ3v) is 3.92. The van der Waals surface area contributed by atoms with Gasteiger partial charge in [0.1, 0.15) is 10.8 Å². The zero-order valence-corrected chi connectivity index (χ0v) is 11.0. The molecule has 0 amide bonds. The van der Waals surface area contributed by atoms with Crippen molar-refractivity contribution in [3.05, 3.63) is 16.7 Å². The number of ether oxygens (including phenoxy) is 3. The minimum Gasteiger partial charge on any atom is -0.495 e. The van der Waals surface area contributed by atoms with Gasteiger partial charge in [0.25, 0.3) is 0 Å². The summed E-state index contributed by atoms with van der Waals surface area (Å²) in [6.45, 7) is 2.29. The summed E-state index contributed by atoms with van der Waals surface area (Å²) in [5, 5.41) is 3.89.